The highest BCUT2D eigenvalue weighted by Crippen LogP contribution is 2.24. The molecule has 1 aromatic carbocycles. The van der Waals surface area contributed by atoms with E-state index in [0.29, 0.717) is 17.1 Å². The molecule has 3 nitrogen and oxygen atoms in total. The summed E-state index contributed by atoms with van der Waals surface area (Å²) in [5.41, 5.74) is 0.846. The van der Waals surface area contributed by atoms with Crippen molar-refractivity contribution >= 4 is 17.3 Å². The van der Waals surface area contributed by atoms with Gasteiger partial charge in [0, 0.05) is 6.04 Å². The number of ether oxygens (including phenoxy) is 1. The third kappa shape index (κ3) is 4.32. The van der Waals surface area contributed by atoms with E-state index in [0.717, 1.165) is 12.0 Å². The van der Waals surface area contributed by atoms with Gasteiger partial charge in [-0.25, -0.2) is 4.39 Å². The molecule has 0 amide bonds. The summed E-state index contributed by atoms with van der Waals surface area (Å²) in [6.07, 6.45) is 4.97. The van der Waals surface area contributed by atoms with Crippen LogP contribution in [-0.2, 0) is 0 Å². The van der Waals surface area contributed by atoms with Crippen LogP contribution in [0.3, 0.4) is 0 Å². The second-order valence-electron chi connectivity index (χ2n) is 6.10. The zero-order valence-corrected chi connectivity index (χ0v) is 14.3. The molecule has 1 fully saturated rings. The molecule has 0 aliphatic heterocycles. The zero-order chi connectivity index (χ0) is 16.1. The molecule has 1 saturated carbocycles. The summed E-state index contributed by atoms with van der Waals surface area (Å²) in [6.45, 7) is 4.24. The van der Waals surface area contributed by atoms with Crippen LogP contribution in [0.2, 0.25) is 0 Å². The molecular weight excluding hydrogens is 299 g/mol. The standard InChI is InChI=1S/C17H25FN2OS/c1-11-6-4-5-7-15(11)20-17(22)19-12(2)13-8-9-16(21-3)14(18)10-13/h8-12,15H,4-7H2,1-3H3,(H2,19,20,22)/t11-,12+,15-/m1/s1. The maximum Gasteiger partial charge on any atom is 0.166 e. The van der Waals surface area contributed by atoms with E-state index >= 15 is 0 Å². The van der Waals surface area contributed by atoms with Crippen LogP contribution >= 0.6 is 12.2 Å². The Morgan fingerprint density at radius 3 is 2.73 bits per heavy atom. The van der Waals surface area contributed by atoms with Crippen molar-refractivity contribution < 1.29 is 9.13 Å². The maximum atomic E-state index is 13.8. The molecule has 22 heavy (non-hydrogen) atoms. The van der Waals surface area contributed by atoms with E-state index in [9.17, 15) is 4.39 Å². The Labute approximate surface area is 137 Å². The van der Waals surface area contributed by atoms with Crippen LogP contribution in [0, 0.1) is 11.7 Å². The lowest BCUT2D eigenvalue weighted by Gasteiger charge is -2.31. The van der Waals surface area contributed by atoms with Crippen LogP contribution in [0.4, 0.5) is 4.39 Å². The average molecular weight is 324 g/mol. The Morgan fingerprint density at radius 1 is 1.36 bits per heavy atom. The van der Waals surface area contributed by atoms with Gasteiger partial charge in [-0.1, -0.05) is 25.8 Å². The molecule has 2 N–H and O–H groups in total. The van der Waals surface area contributed by atoms with Gasteiger partial charge in [0.1, 0.15) is 0 Å². The lowest BCUT2D eigenvalue weighted by atomic mass is 9.86. The molecule has 1 aliphatic rings. The van der Waals surface area contributed by atoms with Crippen molar-refractivity contribution in [3.05, 3.63) is 29.6 Å². The maximum absolute atomic E-state index is 13.8. The van der Waals surface area contributed by atoms with E-state index in [-0.39, 0.29) is 17.6 Å². The van der Waals surface area contributed by atoms with Gasteiger partial charge in [0.05, 0.1) is 13.2 Å². The Kier molecular flexibility index (Phi) is 6.00. The highest BCUT2D eigenvalue weighted by Gasteiger charge is 2.22. The molecule has 0 radical (unpaired) electrons. The van der Waals surface area contributed by atoms with Gasteiger partial charge in [-0.2, -0.15) is 0 Å². The molecule has 0 saturated heterocycles. The van der Waals surface area contributed by atoms with Crippen molar-refractivity contribution in [2.24, 2.45) is 5.92 Å². The number of nitrogens with one attached hydrogen (secondary N) is 2. The fourth-order valence-corrected chi connectivity index (χ4v) is 3.30. The molecular formula is C17H25FN2OS. The van der Waals surface area contributed by atoms with E-state index in [4.69, 9.17) is 17.0 Å². The minimum atomic E-state index is -0.353. The van der Waals surface area contributed by atoms with Crippen molar-refractivity contribution in [1.29, 1.82) is 0 Å². The second-order valence-corrected chi connectivity index (χ2v) is 6.51. The molecule has 0 heterocycles. The summed E-state index contributed by atoms with van der Waals surface area (Å²) in [5.74, 6) is 0.545. The first kappa shape index (κ1) is 17.0. The summed E-state index contributed by atoms with van der Waals surface area (Å²) >= 11 is 5.40. The van der Waals surface area contributed by atoms with Gasteiger partial charge in [-0.05, 0) is 55.6 Å². The topological polar surface area (TPSA) is 33.3 Å². The van der Waals surface area contributed by atoms with Crippen LogP contribution in [0.25, 0.3) is 0 Å². The number of rotatable bonds is 4. The predicted molar refractivity (Wildman–Crippen MR) is 91.7 cm³/mol. The van der Waals surface area contributed by atoms with E-state index in [1.807, 2.05) is 13.0 Å². The Bertz CT molecular complexity index is 523. The second kappa shape index (κ2) is 7.77. The van der Waals surface area contributed by atoms with E-state index in [2.05, 4.69) is 17.6 Å². The van der Waals surface area contributed by atoms with Gasteiger partial charge in [-0.3, -0.25) is 0 Å². The summed E-state index contributed by atoms with van der Waals surface area (Å²) in [5, 5.41) is 7.29. The number of methoxy groups -OCH3 is 1. The first-order chi connectivity index (χ1) is 10.5. The summed E-state index contributed by atoms with van der Waals surface area (Å²) in [4.78, 5) is 0. The van der Waals surface area contributed by atoms with E-state index in [1.165, 1.54) is 32.4 Å². The highest BCUT2D eigenvalue weighted by molar-refractivity contribution is 7.80. The van der Waals surface area contributed by atoms with E-state index in [1.54, 1.807) is 6.07 Å². The fraction of sp³-hybridized carbons (Fsp3) is 0.588. The molecule has 0 unspecified atom stereocenters. The van der Waals surface area contributed by atoms with Crippen molar-refractivity contribution in [3.8, 4) is 5.75 Å². The van der Waals surface area contributed by atoms with Crippen LogP contribution in [0.5, 0.6) is 5.75 Å². The van der Waals surface area contributed by atoms with Crippen LogP contribution in [0.15, 0.2) is 18.2 Å². The van der Waals surface area contributed by atoms with Crippen LogP contribution in [0.1, 0.15) is 51.1 Å². The molecule has 1 aliphatic carbocycles. The first-order valence-corrected chi connectivity index (χ1v) is 8.32. The minimum Gasteiger partial charge on any atom is -0.494 e. The number of halogens is 1. The SMILES string of the molecule is COc1ccc([C@H](C)NC(=S)N[C@@H]2CCCC[C@H]2C)cc1F. The monoisotopic (exact) mass is 324 g/mol. The van der Waals surface area contributed by atoms with Gasteiger partial charge in [0.25, 0.3) is 0 Å². The van der Waals surface area contributed by atoms with Crippen molar-refractivity contribution in [2.45, 2.75) is 51.6 Å². The molecule has 0 aromatic heterocycles. The average Bonchev–Trinajstić information content (AvgIpc) is 2.49. The molecule has 3 atom stereocenters. The lowest BCUT2D eigenvalue weighted by molar-refractivity contribution is 0.307. The molecule has 5 heteroatoms. The third-order valence-corrected chi connectivity index (χ3v) is 4.69. The number of thiocarbonyl (C=S) groups is 1. The first-order valence-electron chi connectivity index (χ1n) is 7.91. The molecule has 0 bridgehead atoms. The van der Waals surface area contributed by atoms with Crippen LogP contribution < -0.4 is 15.4 Å². The zero-order valence-electron chi connectivity index (χ0n) is 13.5. The molecule has 2 rings (SSSR count). The Morgan fingerprint density at radius 2 is 2.09 bits per heavy atom. The van der Waals surface area contributed by atoms with E-state index < -0.39 is 0 Å². The molecule has 0 spiro atoms. The Balaban J connectivity index is 1.91. The minimum absolute atomic E-state index is 0.0562. The molecule has 1 aromatic rings. The van der Waals surface area contributed by atoms with Gasteiger partial charge < -0.3 is 15.4 Å². The fourth-order valence-electron chi connectivity index (χ4n) is 2.97. The largest absolute Gasteiger partial charge is 0.494 e. The van der Waals surface area contributed by atoms with Gasteiger partial charge in [-0.15, -0.1) is 0 Å². The number of hydrogen-bond acceptors (Lipinski definition) is 2. The van der Waals surface area contributed by atoms with Crippen LogP contribution in [-0.4, -0.2) is 18.3 Å². The normalized spacial score (nSPS) is 22.7. The summed E-state index contributed by atoms with van der Waals surface area (Å²) < 4.78 is 18.7. The van der Waals surface area contributed by atoms with Crippen molar-refractivity contribution in [3.63, 3.8) is 0 Å². The predicted octanol–water partition coefficient (Wildman–Crippen LogP) is 3.94. The van der Waals surface area contributed by atoms with Crippen molar-refractivity contribution in [2.75, 3.05) is 7.11 Å². The smallest absolute Gasteiger partial charge is 0.166 e. The number of hydrogen-bond donors (Lipinski definition) is 2. The Hall–Kier alpha value is -1.36. The third-order valence-electron chi connectivity index (χ3n) is 4.45. The van der Waals surface area contributed by atoms with Crippen molar-refractivity contribution in [1.82, 2.24) is 10.6 Å². The van der Waals surface area contributed by atoms with Gasteiger partial charge in [0.2, 0.25) is 0 Å². The summed E-state index contributed by atoms with van der Waals surface area (Å²) in [7, 11) is 1.46. The summed E-state index contributed by atoms with van der Waals surface area (Å²) in [6, 6.07) is 5.36. The quantitative estimate of drug-likeness (QED) is 0.822. The molecule has 122 valence electrons. The van der Waals surface area contributed by atoms with Gasteiger partial charge >= 0.3 is 0 Å². The highest BCUT2D eigenvalue weighted by atomic mass is 32.1. The van der Waals surface area contributed by atoms with Gasteiger partial charge in [0.15, 0.2) is 16.7 Å². The lowest BCUT2D eigenvalue weighted by Crippen LogP contribution is -2.46. The number of benzene rings is 1.